The summed E-state index contributed by atoms with van der Waals surface area (Å²) in [6.45, 7) is 0. The minimum Gasteiger partial charge on any atom is -0.208 e. The number of benzene rings is 1. The highest BCUT2D eigenvalue weighted by Gasteiger charge is 2.07. The Bertz CT molecular complexity index is 648. The van der Waals surface area contributed by atoms with Crippen LogP contribution in [-0.2, 0) is 0 Å². The van der Waals surface area contributed by atoms with E-state index in [1.54, 1.807) is 18.2 Å². The first-order valence-corrected chi connectivity index (χ1v) is 4.62. The largest absolute Gasteiger partial charge is 0.272 e. The van der Waals surface area contributed by atoms with Gasteiger partial charge in [0, 0.05) is 5.56 Å². The Labute approximate surface area is 89.6 Å². The Morgan fingerprint density at radius 2 is 2.06 bits per heavy atom. The second kappa shape index (κ2) is 3.34. The molecule has 0 N–H and O–H groups in total. The minimum atomic E-state index is -0.333. The van der Waals surface area contributed by atoms with Gasteiger partial charge in [0.1, 0.15) is 12.1 Å². The highest BCUT2D eigenvalue weighted by Crippen LogP contribution is 2.19. The van der Waals surface area contributed by atoms with Crippen LogP contribution in [0.5, 0.6) is 0 Å². The first kappa shape index (κ1) is 8.90. The number of hydrogen-bond acceptors (Lipinski definition) is 4. The molecule has 0 spiro atoms. The second-order valence-corrected chi connectivity index (χ2v) is 3.20. The maximum atomic E-state index is 13.5. The molecule has 1 aromatic carbocycles. The van der Waals surface area contributed by atoms with Gasteiger partial charge in [0.2, 0.25) is 0 Å². The number of hydrogen-bond donors (Lipinski definition) is 0. The maximum absolute atomic E-state index is 13.5. The molecule has 2 heterocycles. The summed E-state index contributed by atoms with van der Waals surface area (Å²) < 4.78 is 14.9. The SMILES string of the molecule is Fc1ccccc1-c1cnn2cnnc2n1. The van der Waals surface area contributed by atoms with E-state index in [0.717, 1.165) is 0 Å². The molecule has 0 radical (unpaired) electrons. The molecule has 0 aliphatic heterocycles. The highest BCUT2D eigenvalue weighted by atomic mass is 19.1. The van der Waals surface area contributed by atoms with Crippen molar-refractivity contribution in [2.75, 3.05) is 0 Å². The van der Waals surface area contributed by atoms with E-state index in [0.29, 0.717) is 17.0 Å². The Morgan fingerprint density at radius 3 is 2.94 bits per heavy atom. The lowest BCUT2D eigenvalue weighted by atomic mass is 10.1. The van der Waals surface area contributed by atoms with Crippen LogP contribution in [0.4, 0.5) is 4.39 Å². The van der Waals surface area contributed by atoms with Crippen LogP contribution in [0.1, 0.15) is 0 Å². The summed E-state index contributed by atoms with van der Waals surface area (Å²) >= 11 is 0. The predicted octanol–water partition coefficient (Wildman–Crippen LogP) is 1.33. The van der Waals surface area contributed by atoms with Gasteiger partial charge in [-0.2, -0.15) is 9.61 Å². The average molecular weight is 215 g/mol. The van der Waals surface area contributed by atoms with E-state index in [-0.39, 0.29) is 5.82 Å². The van der Waals surface area contributed by atoms with E-state index in [2.05, 4.69) is 20.3 Å². The van der Waals surface area contributed by atoms with E-state index in [4.69, 9.17) is 0 Å². The van der Waals surface area contributed by atoms with Crippen LogP contribution in [0.25, 0.3) is 17.0 Å². The first-order valence-electron chi connectivity index (χ1n) is 4.62. The fourth-order valence-corrected chi connectivity index (χ4v) is 1.43. The summed E-state index contributed by atoms with van der Waals surface area (Å²) in [4.78, 5) is 4.15. The molecule has 0 aliphatic rings. The van der Waals surface area contributed by atoms with Crippen molar-refractivity contribution in [2.45, 2.75) is 0 Å². The van der Waals surface area contributed by atoms with E-state index in [1.165, 1.54) is 23.1 Å². The summed E-state index contributed by atoms with van der Waals surface area (Å²) in [6.07, 6.45) is 2.92. The molecule has 0 saturated carbocycles. The van der Waals surface area contributed by atoms with Crippen LogP contribution in [-0.4, -0.2) is 24.8 Å². The van der Waals surface area contributed by atoms with E-state index < -0.39 is 0 Å². The lowest BCUT2D eigenvalue weighted by molar-refractivity contribution is 0.630. The average Bonchev–Trinajstić information content (AvgIpc) is 2.76. The zero-order valence-electron chi connectivity index (χ0n) is 8.08. The van der Waals surface area contributed by atoms with Gasteiger partial charge in [0.25, 0.3) is 5.78 Å². The van der Waals surface area contributed by atoms with Crippen molar-refractivity contribution < 1.29 is 4.39 Å². The smallest absolute Gasteiger partial charge is 0.208 e. The quantitative estimate of drug-likeness (QED) is 0.614. The Kier molecular flexibility index (Phi) is 1.86. The molecule has 0 amide bonds. The van der Waals surface area contributed by atoms with Crippen LogP contribution in [0, 0.1) is 5.82 Å². The Hall–Kier alpha value is -2.37. The molecule has 16 heavy (non-hydrogen) atoms. The van der Waals surface area contributed by atoms with Crippen molar-refractivity contribution in [1.29, 1.82) is 0 Å². The topological polar surface area (TPSA) is 56.0 Å². The molecular weight excluding hydrogens is 209 g/mol. The van der Waals surface area contributed by atoms with Gasteiger partial charge in [0.15, 0.2) is 0 Å². The summed E-state index contributed by atoms with van der Waals surface area (Å²) in [7, 11) is 0. The minimum absolute atomic E-state index is 0.333. The molecule has 0 aliphatic carbocycles. The molecule has 78 valence electrons. The summed E-state index contributed by atoms with van der Waals surface area (Å²) in [6, 6.07) is 6.40. The Balaban J connectivity index is 2.22. The van der Waals surface area contributed by atoms with Gasteiger partial charge >= 0.3 is 0 Å². The summed E-state index contributed by atoms with van der Waals surface area (Å²) in [5.41, 5.74) is 0.846. The van der Waals surface area contributed by atoms with Crippen LogP contribution in [0.3, 0.4) is 0 Å². The molecule has 0 unspecified atom stereocenters. The number of rotatable bonds is 1. The lowest BCUT2D eigenvalue weighted by Crippen LogP contribution is -1.96. The standard InChI is InChI=1S/C10H6FN5/c11-8-4-2-1-3-7(8)9-5-13-16-6-12-15-10(16)14-9/h1-6H. The molecule has 2 aromatic heterocycles. The number of nitrogens with zero attached hydrogens (tertiary/aromatic N) is 5. The van der Waals surface area contributed by atoms with Gasteiger partial charge in [-0.15, -0.1) is 10.2 Å². The van der Waals surface area contributed by atoms with Crippen LogP contribution in [0.2, 0.25) is 0 Å². The maximum Gasteiger partial charge on any atom is 0.272 e. The third kappa shape index (κ3) is 1.31. The molecular formula is C10H6FN5. The number of aromatic nitrogens is 5. The molecule has 0 saturated heterocycles. The summed E-state index contributed by atoms with van der Waals surface area (Å²) in [5.74, 6) is 0.0152. The van der Waals surface area contributed by atoms with Gasteiger partial charge in [-0.1, -0.05) is 12.1 Å². The van der Waals surface area contributed by atoms with Gasteiger partial charge in [0.05, 0.1) is 11.9 Å². The second-order valence-electron chi connectivity index (χ2n) is 3.20. The number of fused-ring (bicyclic) bond motifs is 1. The Morgan fingerprint density at radius 1 is 1.19 bits per heavy atom. The molecule has 5 nitrogen and oxygen atoms in total. The normalized spacial score (nSPS) is 10.8. The van der Waals surface area contributed by atoms with Crippen molar-refractivity contribution in [3.8, 4) is 11.3 Å². The van der Waals surface area contributed by atoms with Crippen molar-refractivity contribution in [3.63, 3.8) is 0 Å². The zero-order chi connectivity index (χ0) is 11.0. The van der Waals surface area contributed by atoms with E-state index in [9.17, 15) is 4.39 Å². The van der Waals surface area contributed by atoms with Crippen molar-refractivity contribution in [2.24, 2.45) is 0 Å². The fourth-order valence-electron chi connectivity index (χ4n) is 1.43. The number of halogens is 1. The predicted molar refractivity (Wildman–Crippen MR) is 54.0 cm³/mol. The fraction of sp³-hybridized carbons (Fsp3) is 0. The summed E-state index contributed by atoms with van der Waals surface area (Å²) in [5, 5.41) is 11.4. The molecule has 3 aromatic rings. The molecule has 6 heteroatoms. The third-order valence-electron chi connectivity index (χ3n) is 2.19. The van der Waals surface area contributed by atoms with Gasteiger partial charge in [-0.05, 0) is 12.1 Å². The van der Waals surface area contributed by atoms with Crippen LogP contribution >= 0.6 is 0 Å². The first-order chi connectivity index (χ1) is 7.84. The molecule has 3 rings (SSSR count). The van der Waals surface area contributed by atoms with Crippen LogP contribution in [0.15, 0.2) is 36.8 Å². The zero-order valence-corrected chi connectivity index (χ0v) is 8.08. The third-order valence-corrected chi connectivity index (χ3v) is 2.19. The van der Waals surface area contributed by atoms with Gasteiger partial charge in [-0.25, -0.2) is 9.37 Å². The highest BCUT2D eigenvalue weighted by molar-refractivity contribution is 5.59. The lowest BCUT2D eigenvalue weighted by Gasteiger charge is -2.00. The molecule has 0 bridgehead atoms. The molecule has 0 fully saturated rings. The van der Waals surface area contributed by atoms with Crippen molar-refractivity contribution in [3.05, 3.63) is 42.6 Å². The van der Waals surface area contributed by atoms with Gasteiger partial charge < -0.3 is 0 Å². The van der Waals surface area contributed by atoms with Gasteiger partial charge in [-0.3, -0.25) is 0 Å². The van der Waals surface area contributed by atoms with E-state index in [1.807, 2.05) is 0 Å². The van der Waals surface area contributed by atoms with E-state index >= 15 is 0 Å². The van der Waals surface area contributed by atoms with Crippen LogP contribution < -0.4 is 0 Å². The van der Waals surface area contributed by atoms with Crippen molar-refractivity contribution in [1.82, 2.24) is 24.8 Å². The monoisotopic (exact) mass is 215 g/mol. The van der Waals surface area contributed by atoms with Crippen molar-refractivity contribution >= 4 is 5.78 Å². The molecule has 0 atom stereocenters.